The van der Waals surface area contributed by atoms with Gasteiger partial charge in [-0.05, 0) is 64.6 Å². The van der Waals surface area contributed by atoms with Crippen molar-refractivity contribution in [3.8, 4) is 27.9 Å². The Kier molecular flexibility index (Phi) is 5.92. The Hall–Kier alpha value is -5.86. The van der Waals surface area contributed by atoms with Crippen LogP contribution in [0.4, 0.5) is 0 Å². The number of nitrogens with zero attached hydrogens (tertiary/aromatic N) is 1. The molecule has 0 unspecified atom stereocenters. The minimum Gasteiger partial charge on any atom is -0.455 e. The molecule has 0 bridgehead atoms. The second-order valence-corrected chi connectivity index (χ2v) is 11.7. The molecule has 0 saturated heterocycles. The lowest BCUT2D eigenvalue weighted by molar-refractivity contribution is 0.670. The first-order valence-electron chi connectivity index (χ1n) is 15.5. The molecule has 2 heterocycles. The maximum absolute atomic E-state index is 6.28. The lowest BCUT2D eigenvalue weighted by atomic mass is 9.96. The summed E-state index contributed by atoms with van der Waals surface area (Å²) in [6.45, 7) is 0. The zero-order valence-corrected chi connectivity index (χ0v) is 24.7. The summed E-state index contributed by atoms with van der Waals surface area (Å²) in [5.74, 6) is 0. The van der Waals surface area contributed by atoms with Gasteiger partial charge in [0.05, 0.1) is 11.0 Å². The summed E-state index contributed by atoms with van der Waals surface area (Å²) in [5, 5.41) is 4.88. The van der Waals surface area contributed by atoms with Gasteiger partial charge in [-0.1, -0.05) is 133 Å². The van der Waals surface area contributed by atoms with E-state index in [1.165, 1.54) is 55.3 Å². The lowest BCUT2D eigenvalue weighted by Gasteiger charge is -2.09. The summed E-state index contributed by atoms with van der Waals surface area (Å²) in [5.41, 5.74) is 12.9. The Bertz CT molecular complexity index is 2480. The van der Waals surface area contributed by atoms with Crippen LogP contribution in [0.2, 0.25) is 0 Å². The molecule has 0 N–H and O–H groups in total. The van der Waals surface area contributed by atoms with E-state index in [0.29, 0.717) is 0 Å². The van der Waals surface area contributed by atoms with Gasteiger partial charge < -0.3 is 8.98 Å². The van der Waals surface area contributed by atoms with Crippen LogP contribution in [0.25, 0.3) is 71.7 Å². The first-order chi connectivity index (χ1) is 22.3. The Balaban J connectivity index is 1.03. The molecular weight excluding hydrogens is 546 g/mol. The van der Waals surface area contributed by atoms with Gasteiger partial charge in [0.25, 0.3) is 0 Å². The van der Waals surface area contributed by atoms with Crippen molar-refractivity contribution in [1.29, 1.82) is 0 Å². The molecule has 7 aromatic carbocycles. The van der Waals surface area contributed by atoms with E-state index in [1.807, 2.05) is 12.1 Å². The highest BCUT2D eigenvalue weighted by molar-refractivity contribution is 6.15. The van der Waals surface area contributed by atoms with E-state index in [-0.39, 0.29) is 0 Å². The average molecular weight is 576 g/mol. The summed E-state index contributed by atoms with van der Waals surface area (Å²) >= 11 is 0. The zero-order valence-electron chi connectivity index (χ0n) is 24.7. The number of benzene rings is 7. The smallest absolute Gasteiger partial charge is 0.143 e. The van der Waals surface area contributed by atoms with Gasteiger partial charge >= 0.3 is 0 Å². The van der Waals surface area contributed by atoms with Gasteiger partial charge in [0.15, 0.2) is 0 Å². The van der Waals surface area contributed by atoms with E-state index in [9.17, 15) is 0 Å². The molecule has 0 aliphatic carbocycles. The summed E-state index contributed by atoms with van der Waals surface area (Å²) in [6.07, 6.45) is 0.882. The second-order valence-electron chi connectivity index (χ2n) is 11.7. The van der Waals surface area contributed by atoms with Crippen LogP contribution in [0.5, 0.6) is 0 Å². The largest absolute Gasteiger partial charge is 0.455 e. The molecule has 0 aliphatic heterocycles. The minimum absolute atomic E-state index is 0.882. The Morgan fingerprint density at radius 1 is 0.422 bits per heavy atom. The third-order valence-corrected chi connectivity index (χ3v) is 9.05. The summed E-state index contributed by atoms with van der Waals surface area (Å²) < 4.78 is 8.66. The molecule has 2 nitrogen and oxygen atoms in total. The first-order valence-corrected chi connectivity index (χ1v) is 15.5. The maximum Gasteiger partial charge on any atom is 0.143 e. The number of fused-ring (bicyclic) bond motifs is 6. The van der Waals surface area contributed by atoms with Crippen LogP contribution in [-0.2, 0) is 6.42 Å². The summed E-state index contributed by atoms with van der Waals surface area (Å²) in [7, 11) is 0. The van der Waals surface area contributed by atoms with Gasteiger partial charge in [0, 0.05) is 32.8 Å². The fourth-order valence-corrected chi connectivity index (χ4v) is 6.93. The summed E-state index contributed by atoms with van der Waals surface area (Å²) in [6, 6.07) is 58.7. The van der Waals surface area contributed by atoms with Crippen molar-refractivity contribution >= 4 is 43.7 Å². The van der Waals surface area contributed by atoms with Crippen molar-refractivity contribution < 1.29 is 4.42 Å². The van der Waals surface area contributed by atoms with E-state index in [2.05, 4.69) is 156 Å². The predicted molar refractivity (Wildman–Crippen MR) is 188 cm³/mol. The van der Waals surface area contributed by atoms with Crippen molar-refractivity contribution in [3.63, 3.8) is 0 Å². The number of hydrogen-bond acceptors (Lipinski definition) is 1. The molecule has 9 aromatic rings. The fourth-order valence-electron chi connectivity index (χ4n) is 6.93. The highest BCUT2D eigenvalue weighted by atomic mass is 16.3. The molecule has 0 aliphatic rings. The normalized spacial score (nSPS) is 11.6. The Morgan fingerprint density at radius 2 is 1.00 bits per heavy atom. The van der Waals surface area contributed by atoms with E-state index in [4.69, 9.17) is 4.42 Å². The van der Waals surface area contributed by atoms with Crippen LogP contribution in [0, 0.1) is 0 Å². The van der Waals surface area contributed by atoms with Crippen LogP contribution < -0.4 is 0 Å². The molecule has 0 saturated carbocycles. The number of hydrogen-bond donors (Lipinski definition) is 0. The minimum atomic E-state index is 0.882. The third-order valence-electron chi connectivity index (χ3n) is 9.05. The van der Waals surface area contributed by atoms with Crippen LogP contribution in [0.15, 0.2) is 168 Å². The van der Waals surface area contributed by atoms with Crippen LogP contribution in [0.1, 0.15) is 11.1 Å². The van der Waals surface area contributed by atoms with Crippen molar-refractivity contribution in [2.75, 3.05) is 0 Å². The van der Waals surface area contributed by atoms with Crippen molar-refractivity contribution in [2.45, 2.75) is 6.42 Å². The molecule has 0 atom stereocenters. The molecular formula is C43H29NO. The Labute approximate surface area is 261 Å². The quantitative estimate of drug-likeness (QED) is 0.200. The molecule has 2 heteroatoms. The number of para-hydroxylation sites is 4. The third kappa shape index (κ3) is 4.26. The molecule has 0 spiro atoms. The van der Waals surface area contributed by atoms with E-state index in [0.717, 1.165) is 33.9 Å². The van der Waals surface area contributed by atoms with Gasteiger partial charge in [-0.3, -0.25) is 0 Å². The van der Waals surface area contributed by atoms with E-state index < -0.39 is 0 Å². The molecule has 45 heavy (non-hydrogen) atoms. The van der Waals surface area contributed by atoms with Crippen molar-refractivity contribution in [3.05, 3.63) is 175 Å². The number of rotatable bonds is 5. The highest BCUT2D eigenvalue weighted by Gasteiger charge is 2.16. The monoisotopic (exact) mass is 575 g/mol. The van der Waals surface area contributed by atoms with Crippen LogP contribution >= 0.6 is 0 Å². The first kappa shape index (κ1) is 25.6. The Morgan fingerprint density at radius 3 is 1.78 bits per heavy atom. The maximum atomic E-state index is 6.28. The topological polar surface area (TPSA) is 18.1 Å². The van der Waals surface area contributed by atoms with Gasteiger partial charge in [-0.25, -0.2) is 0 Å². The fraction of sp³-hybridized carbons (Fsp3) is 0.0233. The molecule has 0 radical (unpaired) electrons. The van der Waals surface area contributed by atoms with Crippen molar-refractivity contribution in [2.24, 2.45) is 0 Å². The van der Waals surface area contributed by atoms with Crippen molar-refractivity contribution in [1.82, 2.24) is 4.57 Å². The predicted octanol–water partition coefficient (Wildman–Crippen LogP) is 11.6. The van der Waals surface area contributed by atoms with Gasteiger partial charge in [0.1, 0.15) is 11.2 Å². The average Bonchev–Trinajstić information content (AvgIpc) is 3.66. The standard InChI is InChI=1S/C43H29NO/c1-2-10-33(11-3-1)44-39-17-6-4-13-38(39)42-34(14-9-18-40(42)44)31-24-20-29(21-25-31)28-30-22-26-32(27-23-30)35-15-8-16-37-36-12-5-7-19-41(36)45-43(35)37/h1-27H,28H2. The number of aromatic nitrogens is 1. The van der Waals surface area contributed by atoms with Crippen LogP contribution in [0.3, 0.4) is 0 Å². The molecule has 9 rings (SSSR count). The SMILES string of the molecule is c1ccc(-n2c3ccccc3c3c(-c4ccc(Cc5ccc(-c6cccc7c6oc6ccccc67)cc5)cc4)cccc32)cc1. The molecule has 0 amide bonds. The van der Waals surface area contributed by atoms with Crippen LogP contribution in [-0.4, -0.2) is 4.57 Å². The number of furan rings is 1. The molecule has 0 fully saturated rings. The second kappa shape index (κ2) is 10.4. The van der Waals surface area contributed by atoms with E-state index >= 15 is 0 Å². The van der Waals surface area contributed by atoms with Gasteiger partial charge in [-0.2, -0.15) is 0 Å². The van der Waals surface area contributed by atoms with Gasteiger partial charge in [-0.15, -0.1) is 0 Å². The molecule has 2 aromatic heterocycles. The summed E-state index contributed by atoms with van der Waals surface area (Å²) in [4.78, 5) is 0. The highest BCUT2D eigenvalue weighted by Crippen LogP contribution is 2.39. The zero-order chi connectivity index (χ0) is 29.7. The molecule has 212 valence electrons. The van der Waals surface area contributed by atoms with E-state index in [1.54, 1.807) is 0 Å². The van der Waals surface area contributed by atoms with Gasteiger partial charge in [0.2, 0.25) is 0 Å². The lowest BCUT2D eigenvalue weighted by Crippen LogP contribution is -1.93.